The molecule has 0 fully saturated rings. The molecule has 0 saturated carbocycles. The third-order valence-electron chi connectivity index (χ3n) is 3.58. The zero-order valence-corrected chi connectivity index (χ0v) is 14.5. The highest BCUT2D eigenvalue weighted by atomic mass is 15.3. The number of anilines is 2. The molecule has 0 aliphatic carbocycles. The monoisotopic (exact) mass is 313 g/mol. The fourth-order valence-electron chi connectivity index (χ4n) is 2.26. The summed E-state index contributed by atoms with van der Waals surface area (Å²) in [6.07, 6.45) is 1.82. The van der Waals surface area contributed by atoms with Gasteiger partial charge in [-0.1, -0.05) is 30.3 Å². The SMILES string of the molecule is CC(C)N(Cc1ccccc1)c1nccc(NCCN(C)C)n1. The van der Waals surface area contributed by atoms with Crippen molar-refractivity contribution in [1.82, 2.24) is 14.9 Å². The largest absolute Gasteiger partial charge is 0.369 e. The van der Waals surface area contributed by atoms with Gasteiger partial charge in [0.2, 0.25) is 5.95 Å². The number of aromatic nitrogens is 2. The average molecular weight is 313 g/mol. The van der Waals surface area contributed by atoms with E-state index in [-0.39, 0.29) is 0 Å². The minimum Gasteiger partial charge on any atom is -0.369 e. The zero-order valence-electron chi connectivity index (χ0n) is 14.5. The van der Waals surface area contributed by atoms with Gasteiger partial charge >= 0.3 is 0 Å². The van der Waals surface area contributed by atoms with Crippen LogP contribution in [-0.2, 0) is 6.54 Å². The van der Waals surface area contributed by atoms with Crippen LogP contribution in [0.1, 0.15) is 19.4 Å². The van der Waals surface area contributed by atoms with Gasteiger partial charge in [-0.25, -0.2) is 4.98 Å². The lowest BCUT2D eigenvalue weighted by atomic mass is 10.2. The summed E-state index contributed by atoms with van der Waals surface area (Å²) in [5.74, 6) is 1.63. The molecule has 0 spiro atoms. The fourth-order valence-corrected chi connectivity index (χ4v) is 2.26. The van der Waals surface area contributed by atoms with Gasteiger partial charge in [0.05, 0.1) is 0 Å². The van der Waals surface area contributed by atoms with Gasteiger partial charge in [-0.2, -0.15) is 4.98 Å². The minimum absolute atomic E-state index is 0.326. The number of nitrogens with zero attached hydrogens (tertiary/aromatic N) is 4. The lowest BCUT2D eigenvalue weighted by molar-refractivity contribution is 0.425. The number of likely N-dealkylation sites (N-methyl/N-ethyl adjacent to an activating group) is 1. The molecule has 0 aliphatic heterocycles. The van der Waals surface area contributed by atoms with Crippen LogP contribution >= 0.6 is 0 Å². The molecule has 2 aromatic rings. The van der Waals surface area contributed by atoms with Crippen molar-refractivity contribution >= 4 is 11.8 Å². The molecule has 0 atom stereocenters. The van der Waals surface area contributed by atoms with Gasteiger partial charge in [0.1, 0.15) is 5.82 Å². The van der Waals surface area contributed by atoms with Crippen LogP contribution in [0.15, 0.2) is 42.6 Å². The van der Waals surface area contributed by atoms with Gasteiger partial charge in [0.25, 0.3) is 0 Å². The van der Waals surface area contributed by atoms with Gasteiger partial charge in [0, 0.05) is 31.9 Å². The topological polar surface area (TPSA) is 44.3 Å². The second kappa shape index (κ2) is 8.48. The maximum atomic E-state index is 4.67. The Hall–Kier alpha value is -2.14. The Bertz CT molecular complexity index is 583. The Balaban J connectivity index is 2.09. The number of nitrogens with one attached hydrogen (secondary N) is 1. The predicted molar refractivity (Wildman–Crippen MR) is 96.8 cm³/mol. The predicted octanol–water partition coefficient (Wildman–Crippen LogP) is 2.87. The van der Waals surface area contributed by atoms with Gasteiger partial charge in [0.15, 0.2) is 0 Å². The molecule has 0 bridgehead atoms. The van der Waals surface area contributed by atoms with Crippen molar-refractivity contribution in [3.8, 4) is 0 Å². The van der Waals surface area contributed by atoms with Crippen LogP contribution in [-0.4, -0.2) is 48.1 Å². The number of rotatable bonds is 8. The van der Waals surface area contributed by atoms with Crippen molar-refractivity contribution in [2.45, 2.75) is 26.4 Å². The summed E-state index contributed by atoms with van der Waals surface area (Å²) in [7, 11) is 4.13. The third kappa shape index (κ3) is 5.53. The Morgan fingerprint density at radius 1 is 1.09 bits per heavy atom. The van der Waals surface area contributed by atoms with E-state index in [9.17, 15) is 0 Å². The van der Waals surface area contributed by atoms with Crippen LogP contribution in [0.25, 0.3) is 0 Å². The van der Waals surface area contributed by atoms with Crippen molar-refractivity contribution in [3.63, 3.8) is 0 Å². The first kappa shape index (κ1) is 17.2. The van der Waals surface area contributed by atoms with Crippen molar-refractivity contribution in [1.29, 1.82) is 0 Å². The number of benzene rings is 1. The average Bonchev–Trinajstić information content (AvgIpc) is 2.53. The van der Waals surface area contributed by atoms with Gasteiger partial charge in [-0.05, 0) is 39.6 Å². The minimum atomic E-state index is 0.326. The number of hydrogen-bond donors (Lipinski definition) is 1. The molecule has 2 rings (SSSR count). The van der Waals surface area contributed by atoms with E-state index in [1.54, 1.807) is 0 Å². The molecule has 1 aromatic heterocycles. The standard InChI is InChI=1S/C18H27N5/c1-15(2)23(14-16-8-6-5-7-9-16)18-20-11-10-17(21-18)19-12-13-22(3)4/h5-11,15H,12-14H2,1-4H3,(H,19,20,21). The molecule has 124 valence electrons. The highest BCUT2D eigenvalue weighted by Gasteiger charge is 2.14. The zero-order chi connectivity index (χ0) is 16.7. The highest BCUT2D eigenvalue weighted by Crippen LogP contribution is 2.17. The first-order valence-corrected chi connectivity index (χ1v) is 8.08. The number of hydrogen-bond acceptors (Lipinski definition) is 5. The fraction of sp³-hybridized carbons (Fsp3) is 0.444. The third-order valence-corrected chi connectivity index (χ3v) is 3.58. The van der Waals surface area contributed by atoms with E-state index in [2.05, 4.69) is 77.3 Å². The Morgan fingerprint density at radius 2 is 1.83 bits per heavy atom. The smallest absolute Gasteiger partial charge is 0.227 e. The molecule has 5 heteroatoms. The maximum absolute atomic E-state index is 4.67. The summed E-state index contributed by atoms with van der Waals surface area (Å²) in [5.41, 5.74) is 1.26. The van der Waals surface area contributed by atoms with E-state index in [0.717, 1.165) is 31.4 Å². The van der Waals surface area contributed by atoms with Crippen LogP contribution in [0, 0.1) is 0 Å². The second-order valence-electron chi connectivity index (χ2n) is 6.18. The molecule has 1 aromatic carbocycles. The lowest BCUT2D eigenvalue weighted by Gasteiger charge is -2.27. The molecule has 0 saturated heterocycles. The van der Waals surface area contributed by atoms with E-state index < -0.39 is 0 Å². The van der Waals surface area contributed by atoms with Gasteiger partial charge in [-0.15, -0.1) is 0 Å². The van der Waals surface area contributed by atoms with Crippen molar-refractivity contribution in [2.75, 3.05) is 37.4 Å². The molecule has 0 radical (unpaired) electrons. The van der Waals surface area contributed by atoms with Crippen LogP contribution in [0.5, 0.6) is 0 Å². The molecule has 0 amide bonds. The summed E-state index contributed by atoms with van der Waals surface area (Å²) in [6.45, 7) is 6.97. The van der Waals surface area contributed by atoms with Gasteiger partial charge in [-0.3, -0.25) is 0 Å². The summed E-state index contributed by atoms with van der Waals surface area (Å²) < 4.78 is 0. The summed E-state index contributed by atoms with van der Waals surface area (Å²) in [5, 5.41) is 3.35. The molecule has 0 unspecified atom stereocenters. The second-order valence-corrected chi connectivity index (χ2v) is 6.18. The maximum Gasteiger partial charge on any atom is 0.227 e. The summed E-state index contributed by atoms with van der Waals surface area (Å²) >= 11 is 0. The lowest BCUT2D eigenvalue weighted by Crippen LogP contribution is -2.32. The van der Waals surface area contributed by atoms with E-state index in [0.29, 0.717) is 6.04 Å². The normalized spacial score (nSPS) is 11.0. The molecule has 1 N–H and O–H groups in total. The van der Waals surface area contributed by atoms with Crippen LogP contribution in [0.2, 0.25) is 0 Å². The van der Waals surface area contributed by atoms with E-state index in [4.69, 9.17) is 0 Å². The first-order chi connectivity index (χ1) is 11.1. The van der Waals surface area contributed by atoms with E-state index in [1.165, 1.54) is 5.56 Å². The summed E-state index contributed by atoms with van der Waals surface area (Å²) in [6, 6.07) is 12.7. The molecule has 5 nitrogen and oxygen atoms in total. The molecule has 1 heterocycles. The summed E-state index contributed by atoms with van der Waals surface area (Å²) in [4.78, 5) is 13.5. The quantitative estimate of drug-likeness (QED) is 0.812. The molecule has 23 heavy (non-hydrogen) atoms. The highest BCUT2D eigenvalue weighted by molar-refractivity contribution is 5.42. The van der Waals surface area contributed by atoms with Crippen molar-refractivity contribution in [3.05, 3.63) is 48.2 Å². The molecular formula is C18H27N5. The van der Waals surface area contributed by atoms with Crippen LogP contribution < -0.4 is 10.2 Å². The van der Waals surface area contributed by atoms with Crippen LogP contribution in [0.3, 0.4) is 0 Å². The molecule has 0 aliphatic rings. The molecular weight excluding hydrogens is 286 g/mol. The van der Waals surface area contributed by atoms with Crippen LogP contribution in [0.4, 0.5) is 11.8 Å². The Kier molecular flexibility index (Phi) is 6.35. The van der Waals surface area contributed by atoms with Crippen molar-refractivity contribution in [2.24, 2.45) is 0 Å². The van der Waals surface area contributed by atoms with Crippen molar-refractivity contribution < 1.29 is 0 Å². The van der Waals surface area contributed by atoms with Gasteiger partial charge < -0.3 is 15.1 Å². The van der Waals surface area contributed by atoms with E-state index in [1.807, 2.05) is 18.3 Å². The first-order valence-electron chi connectivity index (χ1n) is 8.08. The van der Waals surface area contributed by atoms with E-state index >= 15 is 0 Å². The Morgan fingerprint density at radius 3 is 2.48 bits per heavy atom. The Labute approximate surface area is 139 Å².